The van der Waals surface area contributed by atoms with E-state index in [9.17, 15) is 9.90 Å². The molecule has 0 heterocycles. The van der Waals surface area contributed by atoms with E-state index in [0.29, 0.717) is 18.8 Å². The molecule has 0 amide bonds. The summed E-state index contributed by atoms with van der Waals surface area (Å²) in [7, 11) is 0. The zero-order valence-corrected chi connectivity index (χ0v) is 15.6. The maximum absolute atomic E-state index is 11.6. The van der Waals surface area contributed by atoms with Crippen LogP contribution in [0.3, 0.4) is 0 Å². The third-order valence-corrected chi connectivity index (χ3v) is 4.56. The van der Waals surface area contributed by atoms with Gasteiger partial charge in [-0.15, -0.1) is 0 Å². The SMILES string of the molecule is C=Cc1ccc(COc2cc(Cc3ccccc3C=C)ccc2C(=O)O)cc1. The number of hydrogen-bond donors (Lipinski definition) is 1. The number of carboxylic acids is 1. The molecule has 0 atom stereocenters. The van der Waals surface area contributed by atoms with Gasteiger partial charge in [0.05, 0.1) is 0 Å². The Balaban J connectivity index is 1.83. The number of hydrogen-bond acceptors (Lipinski definition) is 2. The maximum Gasteiger partial charge on any atom is 0.339 e. The fourth-order valence-electron chi connectivity index (χ4n) is 3.00. The molecule has 3 aromatic carbocycles. The van der Waals surface area contributed by atoms with Gasteiger partial charge in [0.15, 0.2) is 0 Å². The summed E-state index contributed by atoms with van der Waals surface area (Å²) in [5.74, 6) is -0.635. The van der Waals surface area contributed by atoms with Crippen molar-refractivity contribution in [3.8, 4) is 5.75 Å². The minimum atomic E-state index is -1.00. The Bertz CT molecular complexity index is 1000. The molecular weight excluding hydrogens is 348 g/mol. The Labute approximate surface area is 165 Å². The molecular formula is C25H22O3. The van der Waals surface area contributed by atoms with Crippen molar-refractivity contribution in [1.82, 2.24) is 0 Å². The van der Waals surface area contributed by atoms with Crippen molar-refractivity contribution in [2.75, 3.05) is 0 Å². The molecule has 0 bridgehead atoms. The van der Waals surface area contributed by atoms with Gasteiger partial charge < -0.3 is 9.84 Å². The van der Waals surface area contributed by atoms with E-state index in [4.69, 9.17) is 4.74 Å². The lowest BCUT2D eigenvalue weighted by Crippen LogP contribution is -2.04. The molecule has 0 aliphatic carbocycles. The Morgan fingerprint density at radius 1 is 0.929 bits per heavy atom. The van der Waals surface area contributed by atoms with Gasteiger partial charge in [0.1, 0.15) is 17.9 Å². The monoisotopic (exact) mass is 370 g/mol. The first-order valence-electron chi connectivity index (χ1n) is 9.01. The Kier molecular flexibility index (Phi) is 6.07. The first-order chi connectivity index (χ1) is 13.6. The number of rotatable bonds is 8. The van der Waals surface area contributed by atoms with Crippen LogP contribution in [0.15, 0.2) is 79.9 Å². The van der Waals surface area contributed by atoms with Gasteiger partial charge in [-0.3, -0.25) is 0 Å². The Morgan fingerprint density at radius 3 is 2.32 bits per heavy atom. The predicted molar refractivity (Wildman–Crippen MR) is 114 cm³/mol. The summed E-state index contributed by atoms with van der Waals surface area (Å²) in [6, 6.07) is 21.0. The molecule has 0 unspecified atom stereocenters. The molecule has 0 fully saturated rings. The molecule has 3 aromatic rings. The molecule has 0 spiro atoms. The van der Waals surface area contributed by atoms with Crippen molar-refractivity contribution in [3.63, 3.8) is 0 Å². The molecule has 140 valence electrons. The number of carbonyl (C=O) groups is 1. The van der Waals surface area contributed by atoms with Crippen molar-refractivity contribution >= 4 is 18.1 Å². The van der Waals surface area contributed by atoms with Gasteiger partial charge in [-0.2, -0.15) is 0 Å². The first kappa shape index (κ1) is 19.2. The first-order valence-corrected chi connectivity index (χ1v) is 9.01. The lowest BCUT2D eigenvalue weighted by atomic mass is 9.98. The van der Waals surface area contributed by atoms with Crippen LogP contribution < -0.4 is 4.74 Å². The molecule has 0 aliphatic rings. The van der Waals surface area contributed by atoms with E-state index < -0.39 is 5.97 Å². The summed E-state index contributed by atoms with van der Waals surface area (Å²) >= 11 is 0. The van der Waals surface area contributed by atoms with Gasteiger partial charge in [0.25, 0.3) is 0 Å². The van der Waals surface area contributed by atoms with Gasteiger partial charge in [0.2, 0.25) is 0 Å². The molecule has 3 rings (SSSR count). The molecule has 28 heavy (non-hydrogen) atoms. The van der Waals surface area contributed by atoms with Crippen LogP contribution in [0.5, 0.6) is 5.75 Å². The van der Waals surface area contributed by atoms with Crippen LogP contribution in [0.2, 0.25) is 0 Å². The Hall–Kier alpha value is -3.59. The topological polar surface area (TPSA) is 46.5 Å². The van der Waals surface area contributed by atoms with E-state index >= 15 is 0 Å². The van der Waals surface area contributed by atoms with Crippen LogP contribution in [0.25, 0.3) is 12.2 Å². The molecule has 3 heteroatoms. The molecule has 0 radical (unpaired) electrons. The number of carboxylic acid groups (broad SMARTS) is 1. The summed E-state index contributed by atoms with van der Waals surface area (Å²) in [5, 5.41) is 9.49. The normalized spacial score (nSPS) is 10.3. The summed E-state index contributed by atoms with van der Waals surface area (Å²) in [4.78, 5) is 11.6. The van der Waals surface area contributed by atoms with E-state index in [-0.39, 0.29) is 5.56 Å². The second kappa shape index (κ2) is 8.87. The van der Waals surface area contributed by atoms with Crippen molar-refractivity contribution in [2.24, 2.45) is 0 Å². The fourth-order valence-corrected chi connectivity index (χ4v) is 3.00. The van der Waals surface area contributed by atoms with E-state index in [1.807, 2.05) is 60.7 Å². The van der Waals surface area contributed by atoms with Gasteiger partial charge in [-0.05, 0) is 46.4 Å². The van der Waals surface area contributed by atoms with Crippen LogP contribution in [0, 0.1) is 0 Å². The lowest BCUT2D eigenvalue weighted by molar-refractivity contribution is 0.0691. The average Bonchev–Trinajstić information content (AvgIpc) is 2.73. The van der Waals surface area contributed by atoms with Crippen LogP contribution in [-0.4, -0.2) is 11.1 Å². The van der Waals surface area contributed by atoms with Crippen molar-refractivity contribution in [2.45, 2.75) is 13.0 Å². The minimum absolute atomic E-state index is 0.156. The molecule has 3 nitrogen and oxygen atoms in total. The van der Waals surface area contributed by atoms with Crippen LogP contribution >= 0.6 is 0 Å². The van der Waals surface area contributed by atoms with Crippen molar-refractivity contribution in [3.05, 3.63) is 113 Å². The summed E-state index contributed by atoms with van der Waals surface area (Å²) in [5.41, 5.74) is 5.32. The highest BCUT2D eigenvalue weighted by molar-refractivity contribution is 5.91. The number of ether oxygens (including phenoxy) is 1. The van der Waals surface area contributed by atoms with Crippen LogP contribution in [-0.2, 0) is 13.0 Å². The number of benzene rings is 3. The quantitative estimate of drug-likeness (QED) is 0.542. The fraction of sp³-hybridized carbons (Fsp3) is 0.0800. The standard InChI is InChI=1S/C25H22O3/c1-3-18-9-11-19(12-10-18)17-28-24-16-20(13-14-23(24)25(26)27)15-22-8-6-5-7-21(22)4-2/h3-14,16H,1-2,15,17H2,(H,26,27). The van der Waals surface area contributed by atoms with Gasteiger partial charge in [-0.25, -0.2) is 4.79 Å². The number of aromatic carboxylic acids is 1. The van der Waals surface area contributed by atoms with Crippen LogP contribution in [0.1, 0.15) is 38.2 Å². The van der Waals surface area contributed by atoms with E-state index in [1.54, 1.807) is 18.2 Å². The zero-order chi connectivity index (χ0) is 19.9. The van der Waals surface area contributed by atoms with Crippen molar-refractivity contribution in [1.29, 1.82) is 0 Å². The third kappa shape index (κ3) is 4.57. The van der Waals surface area contributed by atoms with E-state index in [2.05, 4.69) is 13.2 Å². The van der Waals surface area contributed by atoms with E-state index in [1.165, 1.54) is 0 Å². The second-order valence-electron chi connectivity index (χ2n) is 6.45. The highest BCUT2D eigenvalue weighted by atomic mass is 16.5. The largest absolute Gasteiger partial charge is 0.488 e. The summed E-state index contributed by atoms with van der Waals surface area (Å²) in [6.07, 6.45) is 4.27. The van der Waals surface area contributed by atoms with Crippen LogP contribution in [0.4, 0.5) is 0 Å². The average molecular weight is 370 g/mol. The van der Waals surface area contributed by atoms with Gasteiger partial charge in [-0.1, -0.05) is 79.9 Å². The highest BCUT2D eigenvalue weighted by Crippen LogP contribution is 2.25. The smallest absolute Gasteiger partial charge is 0.339 e. The summed E-state index contributed by atoms with van der Waals surface area (Å²) < 4.78 is 5.87. The highest BCUT2D eigenvalue weighted by Gasteiger charge is 2.13. The zero-order valence-electron chi connectivity index (χ0n) is 15.6. The molecule has 0 saturated carbocycles. The van der Waals surface area contributed by atoms with Gasteiger partial charge >= 0.3 is 5.97 Å². The minimum Gasteiger partial charge on any atom is -0.488 e. The third-order valence-electron chi connectivity index (χ3n) is 4.56. The Morgan fingerprint density at radius 2 is 1.64 bits per heavy atom. The predicted octanol–water partition coefficient (Wildman–Crippen LogP) is 5.84. The lowest BCUT2D eigenvalue weighted by Gasteiger charge is -2.12. The second-order valence-corrected chi connectivity index (χ2v) is 6.45. The molecule has 1 N–H and O–H groups in total. The molecule has 0 aromatic heterocycles. The molecule has 0 aliphatic heterocycles. The van der Waals surface area contributed by atoms with Gasteiger partial charge in [0, 0.05) is 0 Å². The van der Waals surface area contributed by atoms with E-state index in [0.717, 1.165) is 27.8 Å². The maximum atomic E-state index is 11.6. The summed E-state index contributed by atoms with van der Waals surface area (Å²) in [6.45, 7) is 7.89. The van der Waals surface area contributed by atoms with Crippen molar-refractivity contribution < 1.29 is 14.6 Å². The molecule has 0 saturated heterocycles.